The van der Waals surface area contributed by atoms with E-state index in [4.69, 9.17) is 33.0 Å². The minimum atomic E-state index is -4.64. The normalized spacial score (nSPS) is 11.5. The smallest absolute Gasteiger partial charge is 0.321 e. The van der Waals surface area contributed by atoms with Gasteiger partial charge in [0.15, 0.2) is 0 Å². The molecule has 0 amide bonds. The number of halogens is 2. The molecule has 0 aromatic heterocycles. The van der Waals surface area contributed by atoms with Crippen molar-refractivity contribution in [2.45, 2.75) is 0 Å². The number of rotatable bonds is 2. The third kappa shape index (κ3) is 2.68. The monoisotopic (exact) mass is 271 g/mol. The van der Waals surface area contributed by atoms with Crippen molar-refractivity contribution >= 4 is 41.8 Å². The molecular formula is C6H4Cl2NO5P. The lowest BCUT2D eigenvalue weighted by Gasteiger charge is -2.06. The van der Waals surface area contributed by atoms with Crippen molar-refractivity contribution in [2.75, 3.05) is 0 Å². The van der Waals surface area contributed by atoms with E-state index in [1.807, 2.05) is 0 Å². The van der Waals surface area contributed by atoms with E-state index in [0.29, 0.717) is 6.07 Å². The molecule has 0 heterocycles. The van der Waals surface area contributed by atoms with E-state index < -0.39 is 23.5 Å². The van der Waals surface area contributed by atoms with Gasteiger partial charge in [0.2, 0.25) is 0 Å². The van der Waals surface area contributed by atoms with Gasteiger partial charge in [-0.15, -0.1) is 0 Å². The highest BCUT2D eigenvalue weighted by molar-refractivity contribution is 7.60. The van der Waals surface area contributed by atoms with Crippen LogP contribution in [0.1, 0.15) is 0 Å². The Kier molecular flexibility index (Phi) is 3.38. The van der Waals surface area contributed by atoms with E-state index in [2.05, 4.69) is 0 Å². The van der Waals surface area contributed by atoms with Crippen LogP contribution in [-0.4, -0.2) is 14.7 Å². The predicted octanol–water partition coefficient (Wildman–Crippen LogP) is 1.70. The van der Waals surface area contributed by atoms with Crippen molar-refractivity contribution in [1.82, 2.24) is 0 Å². The van der Waals surface area contributed by atoms with Gasteiger partial charge in [0.05, 0.1) is 15.3 Å². The van der Waals surface area contributed by atoms with Gasteiger partial charge in [0, 0.05) is 6.07 Å². The van der Waals surface area contributed by atoms with Gasteiger partial charge in [-0.3, -0.25) is 14.7 Å². The van der Waals surface area contributed by atoms with E-state index in [1.54, 1.807) is 0 Å². The molecule has 0 aliphatic rings. The summed E-state index contributed by atoms with van der Waals surface area (Å²) in [6.45, 7) is 0. The highest BCUT2D eigenvalue weighted by atomic mass is 35.5. The Morgan fingerprint density at radius 1 is 1.27 bits per heavy atom. The maximum Gasteiger partial charge on any atom is 0.357 e. The zero-order valence-electron chi connectivity index (χ0n) is 6.92. The third-order valence-electron chi connectivity index (χ3n) is 1.53. The van der Waals surface area contributed by atoms with E-state index in [0.717, 1.165) is 6.07 Å². The average molecular weight is 272 g/mol. The van der Waals surface area contributed by atoms with Crippen LogP contribution in [0.4, 0.5) is 5.69 Å². The Bertz CT molecular complexity index is 471. The summed E-state index contributed by atoms with van der Waals surface area (Å²) in [6, 6.07) is 1.60. The molecule has 1 aromatic carbocycles. The van der Waals surface area contributed by atoms with Crippen LogP contribution < -0.4 is 5.30 Å². The molecule has 6 nitrogen and oxygen atoms in total. The van der Waals surface area contributed by atoms with Crippen molar-refractivity contribution in [1.29, 1.82) is 0 Å². The topological polar surface area (TPSA) is 101 Å². The van der Waals surface area contributed by atoms with Crippen LogP contribution >= 0.6 is 30.8 Å². The molecule has 0 atom stereocenters. The number of hydrogen-bond donors (Lipinski definition) is 2. The molecule has 0 saturated carbocycles. The van der Waals surface area contributed by atoms with Gasteiger partial charge in [-0.25, -0.2) is 0 Å². The lowest BCUT2D eigenvalue weighted by Crippen LogP contribution is -2.07. The molecule has 2 N–H and O–H groups in total. The summed E-state index contributed by atoms with van der Waals surface area (Å²) in [5, 5.41) is 9.24. The summed E-state index contributed by atoms with van der Waals surface area (Å²) in [4.78, 5) is 27.2. The zero-order valence-corrected chi connectivity index (χ0v) is 9.33. The van der Waals surface area contributed by atoms with Gasteiger partial charge >= 0.3 is 7.60 Å². The van der Waals surface area contributed by atoms with Gasteiger partial charge in [-0.1, -0.05) is 23.2 Å². The molecule has 1 aromatic rings. The first-order valence-electron chi connectivity index (χ1n) is 3.43. The third-order valence-corrected chi connectivity index (χ3v) is 3.27. The molecule has 15 heavy (non-hydrogen) atoms. The van der Waals surface area contributed by atoms with E-state index in [9.17, 15) is 14.7 Å². The second kappa shape index (κ2) is 4.08. The van der Waals surface area contributed by atoms with Crippen LogP contribution in [0.25, 0.3) is 0 Å². The summed E-state index contributed by atoms with van der Waals surface area (Å²) in [5.74, 6) is 0. The number of hydrogen-bond acceptors (Lipinski definition) is 3. The van der Waals surface area contributed by atoms with Gasteiger partial charge in [0.1, 0.15) is 5.02 Å². The van der Waals surface area contributed by atoms with Gasteiger partial charge in [-0.2, -0.15) is 0 Å². The lowest BCUT2D eigenvalue weighted by atomic mass is 10.3. The Morgan fingerprint density at radius 3 is 2.20 bits per heavy atom. The second-order valence-electron chi connectivity index (χ2n) is 2.56. The fourth-order valence-corrected chi connectivity index (χ4v) is 2.31. The molecule has 0 fully saturated rings. The van der Waals surface area contributed by atoms with Crippen LogP contribution in [0.2, 0.25) is 10.0 Å². The first kappa shape index (κ1) is 12.4. The lowest BCUT2D eigenvalue weighted by molar-refractivity contribution is -0.384. The fourth-order valence-electron chi connectivity index (χ4n) is 0.890. The van der Waals surface area contributed by atoms with Crippen molar-refractivity contribution in [2.24, 2.45) is 0 Å². The van der Waals surface area contributed by atoms with E-state index in [1.165, 1.54) is 0 Å². The molecule has 9 heteroatoms. The maximum atomic E-state index is 10.9. The van der Waals surface area contributed by atoms with Crippen molar-refractivity contribution < 1.29 is 19.3 Å². The van der Waals surface area contributed by atoms with E-state index >= 15 is 0 Å². The second-order valence-corrected chi connectivity index (χ2v) is 4.94. The van der Waals surface area contributed by atoms with Crippen LogP contribution in [0.3, 0.4) is 0 Å². The highest BCUT2D eigenvalue weighted by Crippen LogP contribution is 2.39. The first-order chi connectivity index (χ1) is 6.73. The molecule has 0 aliphatic heterocycles. The number of nitro groups is 1. The molecule has 0 unspecified atom stereocenters. The summed E-state index contributed by atoms with van der Waals surface area (Å²) in [6.07, 6.45) is 0. The van der Waals surface area contributed by atoms with Crippen LogP contribution in [-0.2, 0) is 4.57 Å². The summed E-state index contributed by atoms with van der Waals surface area (Å²) in [5.41, 5.74) is -0.598. The SMILES string of the molecule is O=[N+]([O-])c1cc(P(=O)(O)O)c(Cl)cc1Cl. The minimum Gasteiger partial charge on any atom is -0.321 e. The molecule has 1 rings (SSSR count). The Morgan fingerprint density at radius 2 is 1.80 bits per heavy atom. The summed E-state index contributed by atoms with van der Waals surface area (Å²) < 4.78 is 10.9. The largest absolute Gasteiger partial charge is 0.357 e. The van der Waals surface area contributed by atoms with Crippen molar-refractivity contribution in [3.05, 3.63) is 32.3 Å². The van der Waals surface area contributed by atoms with Gasteiger partial charge < -0.3 is 9.79 Å². The Hall–Kier alpha value is -0.650. The standard InChI is InChI=1S/C6H4Cl2NO5P/c7-3-1-4(8)6(15(12,13)14)2-5(3)9(10)11/h1-2H,(H2,12,13,14). The summed E-state index contributed by atoms with van der Waals surface area (Å²) >= 11 is 11.0. The van der Waals surface area contributed by atoms with Crippen molar-refractivity contribution in [3.63, 3.8) is 0 Å². The first-order valence-corrected chi connectivity index (χ1v) is 5.80. The van der Waals surface area contributed by atoms with Crippen molar-refractivity contribution in [3.8, 4) is 0 Å². The number of nitrogens with zero attached hydrogens (tertiary/aromatic N) is 1. The molecule has 0 spiro atoms. The fraction of sp³-hybridized carbons (Fsp3) is 0. The quantitative estimate of drug-likeness (QED) is 0.484. The van der Waals surface area contributed by atoms with Gasteiger partial charge in [-0.05, 0) is 6.07 Å². The van der Waals surface area contributed by atoms with E-state index in [-0.39, 0.29) is 10.0 Å². The van der Waals surface area contributed by atoms with Gasteiger partial charge in [0.25, 0.3) is 5.69 Å². The maximum absolute atomic E-state index is 10.9. The highest BCUT2D eigenvalue weighted by Gasteiger charge is 2.26. The molecule has 0 aliphatic carbocycles. The number of nitro benzene ring substituents is 1. The molecular weight excluding hydrogens is 268 g/mol. The van der Waals surface area contributed by atoms with Crippen LogP contribution in [0.15, 0.2) is 12.1 Å². The van der Waals surface area contributed by atoms with Crippen LogP contribution in [0.5, 0.6) is 0 Å². The van der Waals surface area contributed by atoms with Crippen LogP contribution in [0, 0.1) is 10.1 Å². The molecule has 0 radical (unpaired) electrons. The Balaban J connectivity index is 3.50. The number of benzene rings is 1. The molecule has 0 saturated heterocycles. The zero-order chi connectivity index (χ0) is 11.8. The average Bonchev–Trinajstić information content (AvgIpc) is 2.00. The summed E-state index contributed by atoms with van der Waals surface area (Å²) in [7, 11) is -4.64. The molecule has 0 bridgehead atoms. The minimum absolute atomic E-state index is 0.276. The molecule has 82 valence electrons. The predicted molar refractivity (Wildman–Crippen MR) is 54.8 cm³/mol. The Labute approximate surface area is 93.7 Å².